The quantitative estimate of drug-likeness (QED) is 0.664. The van der Waals surface area contributed by atoms with Crippen LogP contribution in [-0.4, -0.2) is 31.5 Å². The van der Waals surface area contributed by atoms with Gasteiger partial charge in [-0.2, -0.15) is 22.7 Å². The normalized spacial score (nSPS) is 15.5. The Labute approximate surface area is 172 Å². The van der Waals surface area contributed by atoms with Crippen molar-refractivity contribution in [1.82, 2.24) is 4.31 Å². The standard InChI is InChI=1S/C20H18F3N3O3S/c21-20(22,23)17-3-1-2-16(12-17)14-29-25-18-8-10-26(11-9-18)30(27,28)19-6-4-15(13-24)5-7-19/h1-7,12H,8-11,14H2. The predicted octanol–water partition coefficient (Wildman–Crippen LogP) is 3.93. The van der Waals surface area contributed by atoms with Crippen LogP contribution in [0.1, 0.15) is 29.5 Å². The molecule has 1 fully saturated rings. The highest BCUT2D eigenvalue weighted by Crippen LogP contribution is 2.29. The van der Waals surface area contributed by atoms with Crippen molar-refractivity contribution in [2.75, 3.05) is 13.1 Å². The zero-order chi connectivity index (χ0) is 21.8. The maximum absolute atomic E-state index is 12.7. The van der Waals surface area contributed by atoms with Gasteiger partial charge in [-0.1, -0.05) is 17.3 Å². The lowest BCUT2D eigenvalue weighted by Crippen LogP contribution is -2.38. The fraction of sp³-hybridized carbons (Fsp3) is 0.300. The van der Waals surface area contributed by atoms with Crippen LogP contribution in [0.5, 0.6) is 0 Å². The van der Waals surface area contributed by atoms with E-state index in [0.717, 1.165) is 12.1 Å². The fourth-order valence-electron chi connectivity index (χ4n) is 2.96. The van der Waals surface area contributed by atoms with Crippen molar-refractivity contribution in [2.24, 2.45) is 5.16 Å². The van der Waals surface area contributed by atoms with E-state index in [1.165, 1.54) is 40.7 Å². The first-order chi connectivity index (χ1) is 14.2. The van der Waals surface area contributed by atoms with E-state index >= 15 is 0 Å². The summed E-state index contributed by atoms with van der Waals surface area (Å²) in [5, 5.41) is 12.8. The largest absolute Gasteiger partial charge is 0.416 e. The Morgan fingerprint density at radius 1 is 1.10 bits per heavy atom. The summed E-state index contributed by atoms with van der Waals surface area (Å²) >= 11 is 0. The minimum Gasteiger partial charge on any atom is -0.391 e. The Hall–Kier alpha value is -2.90. The molecule has 2 aromatic rings. The Bertz CT molecular complexity index is 1060. The molecule has 0 spiro atoms. The molecule has 0 saturated carbocycles. The second-order valence-electron chi connectivity index (χ2n) is 6.67. The molecule has 0 unspecified atom stereocenters. The first-order valence-corrected chi connectivity index (χ1v) is 10.5. The topological polar surface area (TPSA) is 82.8 Å². The van der Waals surface area contributed by atoms with Crippen LogP contribution in [0.3, 0.4) is 0 Å². The molecule has 1 heterocycles. The van der Waals surface area contributed by atoms with Crippen molar-refractivity contribution in [3.05, 3.63) is 65.2 Å². The molecule has 30 heavy (non-hydrogen) atoms. The molecule has 0 radical (unpaired) electrons. The van der Waals surface area contributed by atoms with E-state index in [2.05, 4.69) is 5.16 Å². The van der Waals surface area contributed by atoms with Crippen molar-refractivity contribution >= 4 is 15.7 Å². The number of benzene rings is 2. The van der Waals surface area contributed by atoms with Gasteiger partial charge in [-0.05, 0) is 42.0 Å². The molecular weight excluding hydrogens is 419 g/mol. The van der Waals surface area contributed by atoms with Crippen molar-refractivity contribution in [3.8, 4) is 6.07 Å². The van der Waals surface area contributed by atoms with Crippen LogP contribution in [0.4, 0.5) is 13.2 Å². The Balaban J connectivity index is 1.56. The molecule has 1 aliphatic rings. The molecule has 0 aromatic heterocycles. The van der Waals surface area contributed by atoms with E-state index in [1.807, 2.05) is 6.07 Å². The highest BCUT2D eigenvalue weighted by atomic mass is 32.2. The number of nitriles is 1. The zero-order valence-corrected chi connectivity index (χ0v) is 16.6. The molecule has 2 aromatic carbocycles. The van der Waals surface area contributed by atoms with Gasteiger partial charge in [-0.15, -0.1) is 0 Å². The maximum Gasteiger partial charge on any atom is 0.416 e. The van der Waals surface area contributed by atoms with Crippen LogP contribution < -0.4 is 0 Å². The Morgan fingerprint density at radius 3 is 2.37 bits per heavy atom. The number of hydrogen-bond donors (Lipinski definition) is 0. The molecular formula is C20H18F3N3O3S. The zero-order valence-electron chi connectivity index (χ0n) is 15.8. The van der Waals surface area contributed by atoms with E-state index in [9.17, 15) is 21.6 Å². The third-order valence-corrected chi connectivity index (χ3v) is 6.51. The van der Waals surface area contributed by atoms with E-state index in [4.69, 9.17) is 10.1 Å². The number of hydrogen-bond acceptors (Lipinski definition) is 5. The number of piperidine rings is 1. The molecule has 158 valence electrons. The number of oxime groups is 1. The molecule has 6 nitrogen and oxygen atoms in total. The fourth-order valence-corrected chi connectivity index (χ4v) is 4.40. The van der Waals surface area contributed by atoms with Crippen molar-refractivity contribution in [3.63, 3.8) is 0 Å². The maximum atomic E-state index is 12.7. The summed E-state index contributed by atoms with van der Waals surface area (Å²) in [5.41, 5.74) is 0.612. The summed E-state index contributed by atoms with van der Waals surface area (Å²) in [5.74, 6) is 0. The number of halogens is 3. The molecule has 10 heteroatoms. The van der Waals surface area contributed by atoms with Crippen LogP contribution >= 0.6 is 0 Å². The van der Waals surface area contributed by atoms with Crippen molar-refractivity contribution in [1.29, 1.82) is 5.26 Å². The van der Waals surface area contributed by atoms with Gasteiger partial charge in [0.15, 0.2) is 0 Å². The lowest BCUT2D eigenvalue weighted by atomic mass is 10.1. The van der Waals surface area contributed by atoms with Crippen LogP contribution in [0, 0.1) is 11.3 Å². The summed E-state index contributed by atoms with van der Waals surface area (Å²) in [6, 6.07) is 12.5. The molecule has 0 aliphatic carbocycles. The monoisotopic (exact) mass is 437 g/mol. The average Bonchev–Trinajstić information content (AvgIpc) is 2.74. The van der Waals surface area contributed by atoms with Crippen LogP contribution in [-0.2, 0) is 27.6 Å². The van der Waals surface area contributed by atoms with E-state index < -0.39 is 21.8 Å². The smallest absolute Gasteiger partial charge is 0.391 e. The molecule has 0 amide bonds. The van der Waals surface area contributed by atoms with Gasteiger partial charge in [-0.3, -0.25) is 0 Å². The summed E-state index contributed by atoms with van der Waals surface area (Å²) < 4.78 is 64.9. The van der Waals surface area contributed by atoms with Gasteiger partial charge >= 0.3 is 6.18 Å². The highest BCUT2D eigenvalue weighted by molar-refractivity contribution is 7.89. The number of nitrogens with zero attached hydrogens (tertiary/aromatic N) is 3. The lowest BCUT2D eigenvalue weighted by molar-refractivity contribution is -0.137. The summed E-state index contributed by atoms with van der Waals surface area (Å²) in [6.45, 7) is 0.322. The van der Waals surface area contributed by atoms with Gasteiger partial charge in [0.25, 0.3) is 0 Å². The lowest BCUT2D eigenvalue weighted by Gasteiger charge is -2.26. The molecule has 3 rings (SSSR count). The molecule has 0 bridgehead atoms. The van der Waals surface area contributed by atoms with Gasteiger partial charge < -0.3 is 4.84 Å². The SMILES string of the molecule is N#Cc1ccc(S(=O)(=O)N2CCC(=NOCc3cccc(C(F)(F)F)c3)CC2)cc1. The van der Waals surface area contributed by atoms with Crippen LogP contribution in [0.2, 0.25) is 0 Å². The van der Waals surface area contributed by atoms with Gasteiger partial charge in [0, 0.05) is 25.9 Å². The van der Waals surface area contributed by atoms with E-state index in [-0.39, 0.29) is 24.6 Å². The molecule has 0 atom stereocenters. The summed E-state index contributed by atoms with van der Waals surface area (Å²) in [4.78, 5) is 5.29. The Morgan fingerprint density at radius 2 is 1.77 bits per heavy atom. The predicted molar refractivity (Wildman–Crippen MR) is 103 cm³/mol. The van der Waals surface area contributed by atoms with Crippen LogP contribution in [0.15, 0.2) is 58.6 Å². The average molecular weight is 437 g/mol. The molecule has 0 N–H and O–H groups in total. The second-order valence-corrected chi connectivity index (χ2v) is 8.61. The summed E-state index contributed by atoms with van der Waals surface area (Å²) in [7, 11) is -3.67. The van der Waals surface area contributed by atoms with E-state index in [1.54, 1.807) is 0 Å². The summed E-state index contributed by atoms with van der Waals surface area (Å²) in [6.07, 6.45) is -3.70. The van der Waals surface area contributed by atoms with Gasteiger partial charge in [0.2, 0.25) is 10.0 Å². The third kappa shape index (κ3) is 5.17. The van der Waals surface area contributed by atoms with E-state index in [0.29, 0.717) is 29.7 Å². The molecule has 1 aliphatic heterocycles. The van der Waals surface area contributed by atoms with Crippen molar-refractivity contribution in [2.45, 2.75) is 30.5 Å². The highest BCUT2D eigenvalue weighted by Gasteiger charge is 2.30. The first kappa shape index (κ1) is 21.8. The second kappa shape index (κ2) is 8.85. The number of alkyl halides is 3. The minimum atomic E-state index is -4.42. The number of rotatable bonds is 5. The van der Waals surface area contributed by atoms with Crippen molar-refractivity contribution < 1.29 is 26.4 Å². The van der Waals surface area contributed by atoms with Gasteiger partial charge in [0.1, 0.15) is 6.61 Å². The number of sulfonamides is 1. The molecule has 1 saturated heterocycles. The van der Waals surface area contributed by atoms with Gasteiger partial charge in [-0.25, -0.2) is 8.42 Å². The first-order valence-electron chi connectivity index (χ1n) is 9.04. The van der Waals surface area contributed by atoms with Gasteiger partial charge in [0.05, 0.1) is 27.8 Å². The Kier molecular flexibility index (Phi) is 6.43. The van der Waals surface area contributed by atoms with Crippen LogP contribution in [0.25, 0.3) is 0 Å². The minimum absolute atomic E-state index is 0.110. The third-order valence-electron chi connectivity index (χ3n) is 4.60.